The number of hydrogen-bond donors (Lipinski definition) is 1. The van der Waals surface area contributed by atoms with Gasteiger partial charge in [-0.2, -0.15) is 0 Å². The molecule has 1 amide bonds. The number of nitrogens with zero attached hydrogens (tertiary/aromatic N) is 2. The van der Waals surface area contributed by atoms with Crippen LogP contribution in [0.1, 0.15) is 42.3 Å². The molecule has 0 saturated heterocycles. The summed E-state index contributed by atoms with van der Waals surface area (Å²) in [6.07, 6.45) is 2.08. The van der Waals surface area contributed by atoms with Gasteiger partial charge in [0.15, 0.2) is 11.5 Å². The molecule has 8 heteroatoms. The summed E-state index contributed by atoms with van der Waals surface area (Å²) in [6.45, 7) is 5.08. The fraction of sp³-hybridized carbons (Fsp3) is 0.391. The van der Waals surface area contributed by atoms with Crippen molar-refractivity contribution in [2.24, 2.45) is 5.92 Å². The maximum atomic E-state index is 12.8. The van der Waals surface area contributed by atoms with Gasteiger partial charge in [-0.25, -0.2) is 4.98 Å². The largest absolute Gasteiger partial charge is 0.493 e. The number of amides is 1. The first kappa shape index (κ1) is 22.8. The summed E-state index contributed by atoms with van der Waals surface area (Å²) in [5.41, 5.74) is 1.55. The number of rotatable bonds is 11. The molecule has 2 aromatic heterocycles. The first-order valence-corrected chi connectivity index (χ1v) is 11.0. The molecule has 0 fully saturated rings. The highest BCUT2D eigenvalue weighted by Crippen LogP contribution is 2.30. The molecular formula is C23H28N2O5S. The molecule has 0 radical (unpaired) electrons. The van der Waals surface area contributed by atoms with E-state index >= 15 is 0 Å². The Bertz CT molecular complexity index is 968. The van der Waals surface area contributed by atoms with Crippen LogP contribution < -0.4 is 9.47 Å². The van der Waals surface area contributed by atoms with E-state index in [9.17, 15) is 9.90 Å². The van der Waals surface area contributed by atoms with Crippen LogP contribution in [0.3, 0.4) is 0 Å². The highest BCUT2D eigenvalue weighted by molar-refractivity contribution is 7.09. The van der Waals surface area contributed by atoms with Crippen LogP contribution in [-0.4, -0.2) is 28.0 Å². The lowest BCUT2D eigenvalue weighted by atomic mass is 10.1. The molecule has 0 saturated carbocycles. The van der Waals surface area contributed by atoms with Gasteiger partial charge in [-0.05, 0) is 35.7 Å². The number of aliphatic hydroxyl groups is 1. The first-order chi connectivity index (χ1) is 15.0. The van der Waals surface area contributed by atoms with Crippen molar-refractivity contribution in [2.45, 2.75) is 46.6 Å². The summed E-state index contributed by atoms with van der Waals surface area (Å²) in [4.78, 5) is 18.9. The Morgan fingerprint density at radius 1 is 1.26 bits per heavy atom. The predicted molar refractivity (Wildman–Crippen MR) is 118 cm³/mol. The van der Waals surface area contributed by atoms with Crippen molar-refractivity contribution in [3.05, 3.63) is 64.0 Å². The van der Waals surface area contributed by atoms with Gasteiger partial charge in [-0.3, -0.25) is 4.79 Å². The highest BCUT2D eigenvalue weighted by Gasteiger charge is 2.18. The van der Waals surface area contributed by atoms with Crippen molar-refractivity contribution in [1.82, 2.24) is 9.88 Å². The monoisotopic (exact) mass is 444 g/mol. The average Bonchev–Trinajstić information content (AvgIpc) is 3.43. The number of furan rings is 1. The van der Waals surface area contributed by atoms with E-state index in [4.69, 9.17) is 13.9 Å². The summed E-state index contributed by atoms with van der Waals surface area (Å²) in [6, 6.07) is 9.34. The predicted octanol–water partition coefficient (Wildman–Crippen LogP) is 4.39. The van der Waals surface area contributed by atoms with E-state index in [2.05, 4.69) is 4.98 Å². The van der Waals surface area contributed by atoms with Crippen LogP contribution in [0.4, 0.5) is 0 Å². The second-order valence-corrected chi connectivity index (χ2v) is 8.53. The Labute approximate surface area is 186 Å². The minimum Gasteiger partial charge on any atom is -0.493 e. The second kappa shape index (κ2) is 11.0. The van der Waals surface area contributed by atoms with E-state index in [1.165, 1.54) is 11.3 Å². The molecule has 7 nitrogen and oxygen atoms in total. The van der Waals surface area contributed by atoms with Crippen molar-refractivity contribution in [3.63, 3.8) is 0 Å². The van der Waals surface area contributed by atoms with Crippen LogP contribution in [0.25, 0.3) is 0 Å². The van der Waals surface area contributed by atoms with E-state index in [1.54, 1.807) is 23.7 Å². The Kier molecular flexibility index (Phi) is 8.08. The highest BCUT2D eigenvalue weighted by atomic mass is 32.1. The van der Waals surface area contributed by atoms with E-state index < -0.39 is 0 Å². The lowest BCUT2D eigenvalue weighted by Gasteiger charge is -2.23. The van der Waals surface area contributed by atoms with Crippen LogP contribution in [0.2, 0.25) is 0 Å². The number of ether oxygens (including phenoxy) is 2. The number of carbonyl (C=O) groups excluding carboxylic acids is 1. The molecule has 0 aliphatic heterocycles. The average molecular weight is 445 g/mol. The van der Waals surface area contributed by atoms with E-state index in [1.807, 2.05) is 44.2 Å². The number of benzene rings is 1. The Balaban J connectivity index is 1.75. The Morgan fingerprint density at radius 2 is 2.10 bits per heavy atom. The van der Waals surface area contributed by atoms with Crippen molar-refractivity contribution in [1.29, 1.82) is 0 Å². The van der Waals surface area contributed by atoms with Gasteiger partial charge in [0.1, 0.15) is 17.4 Å². The van der Waals surface area contributed by atoms with Gasteiger partial charge in [0.05, 0.1) is 32.2 Å². The smallest absolute Gasteiger partial charge is 0.223 e. The molecular weight excluding hydrogens is 416 g/mol. The van der Waals surface area contributed by atoms with Gasteiger partial charge in [-0.1, -0.05) is 19.9 Å². The number of hydrogen-bond acceptors (Lipinski definition) is 7. The molecule has 0 unspecified atom stereocenters. The van der Waals surface area contributed by atoms with E-state index in [0.29, 0.717) is 36.7 Å². The number of carbonyl (C=O) groups is 1. The lowest BCUT2D eigenvalue weighted by Crippen LogP contribution is -2.30. The quantitative estimate of drug-likeness (QED) is 0.472. The summed E-state index contributed by atoms with van der Waals surface area (Å²) in [7, 11) is 1.59. The van der Waals surface area contributed by atoms with Crippen LogP contribution in [0.15, 0.2) is 46.4 Å². The molecule has 0 aliphatic carbocycles. The van der Waals surface area contributed by atoms with Crippen molar-refractivity contribution in [2.75, 3.05) is 7.11 Å². The summed E-state index contributed by atoms with van der Waals surface area (Å²) < 4.78 is 16.8. The van der Waals surface area contributed by atoms with Crippen LogP contribution in [0.5, 0.6) is 11.5 Å². The standard InChI is InChI=1S/C23H28N2O5S/c1-16(2)9-23(27)25(12-19-5-4-8-29-19)11-17-6-7-20(28-3)21(10-17)30-14-22-24-18(13-26)15-31-22/h4-8,10,15-16,26H,9,11-14H2,1-3H3. The Hall–Kier alpha value is -2.84. The topological polar surface area (TPSA) is 85.0 Å². The third-order valence-corrected chi connectivity index (χ3v) is 5.45. The van der Waals surface area contributed by atoms with Crippen LogP contribution >= 0.6 is 11.3 Å². The number of aliphatic hydroxyl groups excluding tert-OH is 1. The molecule has 0 atom stereocenters. The first-order valence-electron chi connectivity index (χ1n) is 10.1. The zero-order valence-corrected chi connectivity index (χ0v) is 18.9. The van der Waals surface area contributed by atoms with Gasteiger partial charge in [0.25, 0.3) is 0 Å². The van der Waals surface area contributed by atoms with E-state index in [0.717, 1.165) is 16.3 Å². The van der Waals surface area contributed by atoms with E-state index in [-0.39, 0.29) is 25.0 Å². The number of aromatic nitrogens is 1. The van der Waals surface area contributed by atoms with Crippen molar-refractivity contribution >= 4 is 17.2 Å². The number of thiazole rings is 1. The summed E-state index contributed by atoms with van der Waals surface area (Å²) >= 11 is 1.43. The third-order valence-electron chi connectivity index (χ3n) is 4.58. The van der Waals surface area contributed by atoms with Gasteiger partial charge in [-0.15, -0.1) is 11.3 Å². The molecule has 0 spiro atoms. The SMILES string of the molecule is COc1ccc(CN(Cc2ccco2)C(=O)CC(C)C)cc1OCc1nc(CO)cs1. The molecule has 0 bridgehead atoms. The van der Waals surface area contributed by atoms with Gasteiger partial charge in [0.2, 0.25) is 5.91 Å². The molecule has 3 aromatic rings. The fourth-order valence-corrected chi connectivity index (χ4v) is 3.78. The van der Waals surface area contributed by atoms with Gasteiger partial charge < -0.3 is 23.9 Å². The molecule has 166 valence electrons. The normalized spacial score (nSPS) is 11.0. The third kappa shape index (κ3) is 6.57. The molecule has 1 aromatic carbocycles. The minimum absolute atomic E-state index is 0.0732. The molecule has 1 N–H and O–H groups in total. The number of methoxy groups -OCH3 is 1. The van der Waals surface area contributed by atoms with Gasteiger partial charge >= 0.3 is 0 Å². The van der Waals surface area contributed by atoms with Crippen LogP contribution in [0, 0.1) is 5.92 Å². The zero-order valence-electron chi connectivity index (χ0n) is 18.0. The second-order valence-electron chi connectivity index (χ2n) is 7.59. The van der Waals surface area contributed by atoms with Crippen molar-refractivity contribution in [3.8, 4) is 11.5 Å². The minimum atomic E-state index is -0.0920. The molecule has 3 rings (SSSR count). The lowest BCUT2D eigenvalue weighted by molar-refractivity contribution is -0.133. The van der Waals surface area contributed by atoms with Crippen molar-refractivity contribution < 1.29 is 23.8 Å². The maximum Gasteiger partial charge on any atom is 0.223 e. The van der Waals surface area contributed by atoms with Crippen LogP contribution in [-0.2, 0) is 31.1 Å². The molecule has 0 aliphatic rings. The molecule has 2 heterocycles. The van der Waals surface area contributed by atoms with Gasteiger partial charge in [0, 0.05) is 18.3 Å². The fourth-order valence-electron chi connectivity index (χ4n) is 3.08. The summed E-state index contributed by atoms with van der Waals surface area (Å²) in [5.74, 6) is 2.27. The maximum absolute atomic E-state index is 12.8. The molecule has 31 heavy (non-hydrogen) atoms. The Morgan fingerprint density at radius 3 is 2.74 bits per heavy atom. The zero-order chi connectivity index (χ0) is 22.2. The summed E-state index contributed by atoms with van der Waals surface area (Å²) in [5, 5.41) is 11.7.